The standard InChI is InChI=1S/C39H37N2O/c1-24(2)29-20-21-41(7)34(22-29)35-25(3)8-18-32-33-19-15-30(23-40)36(38(33)42-37(32)35)28-11-9-26(10-12-28)27-13-16-31(17-14-27)39(4,5)6/h8-22,24H,1-7H3/q+1/i24D. The lowest BCUT2D eigenvalue weighted by Crippen LogP contribution is -2.31. The first-order valence-corrected chi connectivity index (χ1v) is 14.5. The summed E-state index contributed by atoms with van der Waals surface area (Å²) < 4.78 is 17.5. The maximum absolute atomic E-state index is 10.1. The molecule has 0 radical (unpaired) electrons. The predicted octanol–water partition coefficient (Wildman–Crippen LogP) is 10.0. The summed E-state index contributed by atoms with van der Waals surface area (Å²) in [7, 11) is 2.02. The molecule has 2 heterocycles. The SMILES string of the molecule is [2H]C(C)(C)c1cc[n+](C)c(-c2c(C)ccc3c2oc2c(-c4ccc(-c5ccc(C(C)(C)C)cc5)cc4)c(C#N)ccc23)c1. The highest BCUT2D eigenvalue weighted by atomic mass is 16.3. The number of rotatable bonds is 4. The molecule has 0 spiro atoms. The lowest BCUT2D eigenvalue weighted by molar-refractivity contribution is -0.660. The Labute approximate surface area is 250 Å². The summed E-state index contributed by atoms with van der Waals surface area (Å²) in [5.74, 6) is -0.728. The van der Waals surface area contributed by atoms with Gasteiger partial charge in [0.15, 0.2) is 6.20 Å². The molecule has 42 heavy (non-hydrogen) atoms. The average molecular weight is 551 g/mol. The van der Waals surface area contributed by atoms with E-state index >= 15 is 0 Å². The maximum Gasteiger partial charge on any atom is 0.216 e. The van der Waals surface area contributed by atoms with Crippen LogP contribution in [0.4, 0.5) is 0 Å². The molecule has 0 aliphatic carbocycles. The molecule has 0 fully saturated rings. The Balaban J connectivity index is 1.52. The highest BCUT2D eigenvalue weighted by Crippen LogP contribution is 2.42. The van der Waals surface area contributed by atoms with E-state index in [1.807, 2.05) is 45.3 Å². The van der Waals surface area contributed by atoms with Crippen molar-refractivity contribution in [2.75, 3.05) is 0 Å². The van der Waals surface area contributed by atoms with Crippen LogP contribution in [0.1, 0.15) is 64.1 Å². The second-order valence-corrected chi connectivity index (χ2v) is 12.5. The number of aromatic nitrogens is 1. The van der Waals surface area contributed by atoms with E-state index in [1.165, 1.54) is 5.56 Å². The van der Waals surface area contributed by atoms with Gasteiger partial charge in [-0.15, -0.1) is 0 Å². The van der Waals surface area contributed by atoms with Crippen molar-refractivity contribution in [3.05, 3.63) is 113 Å². The van der Waals surface area contributed by atoms with E-state index in [4.69, 9.17) is 5.79 Å². The van der Waals surface area contributed by atoms with Gasteiger partial charge in [0, 0.05) is 29.8 Å². The second-order valence-electron chi connectivity index (χ2n) is 12.5. The van der Waals surface area contributed by atoms with Crippen LogP contribution >= 0.6 is 0 Å². The molecule has 4 aromatic carbocycles. The Morgan fingerprint density at radius 2 is 1.36 bits per heavy atom. The minimum atomic E-state index is -0.728. The summed E-state index contributed by atoms with van der Waals surface area (Å²) in [5.41, 5.74) is 11.5. The zero-order chi connectivity index (χ0) is 30.7. The Kier molecular flexibility index (Phi) is 6.43. The number of hydrogen-bond acceptors (Lipinski definition) is 2. The van der Waals surface area contributed by atoms with E-state index in [-0.39, 0.29) is 5.41 Å². The van der Waals surface area contributed by atoms with E-state index in [2.05, 4.69) is 105 Å². The molecule has 0 aliphatic rings. The summed E-state index contributed by atoms with van der Waals surface area (Å²) in [6, 6.07) is 31.8. The summed E-state index contributed by atoms with van der Waals surface area (Å²) in [6.45, 7) is 12.6. The van der Waals surface area contributed by atoms with Gasteiger partial charge < -0.3 is 4.42 Å². The van der Waals surface area contributed by atoms with Gasteiger partial charge in [0.05, 0.1) is 17.2 Å². The number of pyridine rings is 1. The Morgan fingerprint density at radius 3 is 1.95 bits per heavy atom. The van der Waals surface area contributed by atoms with Crippen LogP contribution in [0.25, 0.3) is 55.4 Å². The van der Waals surface area contributed by atoms with Crippen molar-refractivity contribution in [2.45, 2.75) is 52.9 Å². The maximum atomic E-state index is 10.1. The lowest BCUT2D eigenvalue weighted by atomic mass is 9.86. The molecule has 6 aromatic rings. The van der Waals surface area contributed by atoms with Crippen molar-refractivity contribution in [3.63, 3.8) is 0 Å². The van der Waals surface area contributed by atoms with Gasteiger partial charge in [0.2, 0.25) is 5.69 Å². The molecule has 0 unspecified atom stereocenters. The largest absolute Gasteiger partial charge is 0.454 e. The first-order chi connectivity index (χ1) is 20.4. The van der Waals surface area contributed by atoms with E-state index in [0.29, 0.717) is 11.1 Å². The zero-order valence-electron chi connectivity index (χ0n) is 26.5. The zero-order valence-corrected chi connectivity index (χ0v) is 25.5. The van der Waals surface area contributed by atoms with Gasteiger partial charge in [0.1, 0.15) is 18.2 Å². The second kappa shape index (κ2) is 10.3. The molecular formula is C39H37N2O+. The van der Waals surface area contributed by atoms with Gasteiger partial charge in [-0.1, -0.05) is 95.3 Å². The molecule has 208 valence electrons. The molecule has 0 saturated heterocycles. The number of nitriles is 1. The van der Waals surface area contributed by atoms with Gasteiger partial charge in [-0.3, -0.25) is 0 Å². The van der Waals surface area contributed by atoms with Crippen molar-refractivity contribution in [3.8, 4) is 39.6 Å². The van der Waals surface area contributed by atoms with Gasteiger partial charge in [-0.25, -0.2) is 4.57 Å². The molecule has 0 bridgehead atoms. The van der Waals surface area contributed by atoms with E-state index in [0.717, 1.165) is 61.0 Å². The van der Waals surface area contributed by atoms with Crippen LogP contribution < -0.4 is 4.57 Å². The summed E-state index contributed by atoms with van der Waals surface area (Å²) >= 11 is 0. The first kappa shape index (κ1) is 26.2. The van der Waals surface area contributed by atoms with Crippen LogP contribution in [0.3, 0.4) is 0 Å². The number of nitrogens with zero attached hydrogens (tertiary/aromatic N) is 2. The van der Waals surface area contributed by atoms with Crippen molar-refractivity contribution >= 4 is 21.9 Å². The third-order valence-corrected chi connectivity index (χ3v) is 8.38. The molecule has 0 atom stereocenters. The van der Waals surface area contributed by atoms with Crippen molar-refractivity contribution < 1.29 is 10.4 Å². The van der Waals surface area contributed by atoms with Gasteiger partial charge in [0.25, 0.3) is 0 Å². The van der Waals surface area contributed by atoms with Gasteiger partial charge in [-0.05, 0) is 63.7 Å². The normalized spacial score (nSPS) is 12.5. The average Bonchev–Trinajstić information content (AvgIpc) is 3.35. The number of fused-ring (bicyclic) bond motifs is 3. The van der Waals surface area contributed by atoms with Gasteiger partial charge in [-0.2, -0.15) is 5.26 Å². The van der Waals surface area contributed by atoms with E-state index in [1.54, 1.807) is 0 Å². The fourth-order valence-corrected chi connectivity index (χ4v) is 5.82. The van der Waals surface area contributed by atoms with Gasteiger partial charge >= 0.3 is 0 Å². The lowest BCUT2D eigenvalue weighted by Gasteiger charge is -2.19. The first-order valence-electron chi connectivity index (χ1n) is 15.0. The summed E-state index contributed by atoms with van der Waals surface area (Å²) in [5, 5.41) is 12.1. The highest BCUT2D eigenvalue weighted by Gasteiger charge is 2.24. The molecule has 0 saturated carbocycles. The van der Waals surface area contributed by atoms with Crippen LogP contribution in [0, 0.1) is 18.3 Å². The van der Waals surface area contributed by atoms with Crippen LogP contribution in [-0.2, 0) is 12.5 Å². The molecule has 6 rings (SSSR count). The number of furan rings is 1. The molecule has 0 aliphatic heterocycles. The minimum Gasteiger partial charge on any atom is -0.454 e. The molecular weight excluding hydrogens is 512 g/mol. The van der Waals surface area contributed by atoms with Crippen LogP contribution in [0.15, 0.2) is 95.5 Å². The smallest absolute Gasteiger partial charge is 0.216 e. The third kappa shape index (κ3) is 4.68. The topological polar surface area (TPSA) is 40.8 Å². The Bertz CT molecular complexity index is 2050. The van der Waals surface area contributed by atoms with E-state index in [9.17, 15) is 5.26 Å². The molecule has 0 amide bonds. The Morgan fingerprint density at radius 1 is 0.786 bits per heavy atom. The summed E-state index contributed by atoms with van der Waals surface area (Å²) in [4.78, 5) is 0. The monoisotopic (exact) mass is 550 g/mol. The van der Waals surface area contributed by atoms with Crippen LogP contribution in [0.5, 0.6) is 0 Å². The van der Waals surface area contributed by atoms with E-state index < -0.39 is 5.89 Å². The molecule has 3 nitrogen and oxygen atoms in total. The fourth-order valence-electron chi connectivity index (χ4n) is 5.82. The number of hydrogen-bond donors (Lipinski definition) is 0. The van der Waals surface area contributed by atoms with Crippen LogP contribution in [0.2, 0.25) is 0 Å². The number of aryl methyl sites for hydroxylation is 2. The molecule has 2 aromatic heterocycles. The van der Waals surface area contributed by atoms with Crippen molar-refractivity contribution in [1.29, 1.82) is 5.26 Å². The predicted molar refractivity (Wildman–Crippen MR) is 173 cm³/mol. The third-order valence-electron chi connectivity index (χ3n) is 8.38. The highest BCUT2D eigenvalue weighted by molar-refractivity contribution is 6.14. The van der Waals surface area contributed by atoms with Crippen molar-refractivity contribution in [1.82, 2.24) is 0 Å². The molecule has 3 heteroatoms. The Hall–Kier alpha value is -4.68. The molecule has 0 N–H and O–H groups in total. The quantitative estimate of drug-likeness (QED) is 0.205. The fraction of sp³-hybridized carbons (Fsp3) is 0.231. The minimum absolute atomic E-state index is 0.109. The number of benzene rings is 4. The summed E-state index contributed by atoms with van der Waals surface area (Å²) in [6.07, 6.45) is 2.01. The van der Waals surface area contributed by atoms with Crippen LogP contribution in [-0.4, -0.2) is 0 Å². The van der Waals surface area contributed by atoms with Crippen molar-refractivity contribution in [2.24, 2.45) is 7.05 Å².